The molecule has 0 bridgehead atoms. The average Bonchev–Trinajstić information content (AvgIpc) is 3.26. The number of carbonyl (C=O) groups is 2. The predicted molar refractivity (Wildman–Crippen MR) is 122 cm³/mol. The van der Waals surface area contributed by atoms with Gasteiger partial charge in [-0.15, -0.1) is 11.3 Å². The Morgan fingerprint density at radius 1 is 1.03 bits per heavy atom. The minimum Gasteiger partial charge on any atom is -0.497 e. The van der Waals surface area contributed by atoms with Crippen LogP contribution >= 0.6 is 11.3 Å². The Balaban J connectivity index is 1.52. The van der Waals surface area contributed by atoms with Gasteiger partial charge in [0.05, 0.1) is 26.0 Å². The van der Waals surface area contributed by atoms with Crippen molar-refractivity contribution in [3.63, 3.8) is 0 Å². The fraction of sp³-hybridized carbons (Fsp3) is 0.227. The van der Waals surface area contributed by atoms with E-state index in [1.54, 1.807) is 38.5 Å². The quantitative estimate of drug-likeness (QED) is 0.419. The summed E-state index contributed by atoms with van der Waals surface area (Å²) in [6.45, 7) is 1.08. The van der Waals surface area contributed by atoms with E-state index in [4.69, 9.17) is 9.47 Å². The van der Waals surface area contributed by atoms with Gasteiger partial charge in [0.2, 0.25) is 5.91 Å². The van der Waals surface area contributed by atoms with Crippen LogP contribution in [0.2, 0.25) is 0 Å². The number of thiazole rings is 1. The molecule has 0 aliphatic carbocycles. The highest BCUT2D eigenvalue weighted by molar-refractivity contribution is 7.14. The van der Waals surface area contributed by atoms with Crippen molar-refractivity contribution in [3.05, 3.63) is 59.5 Å². The van der Waals surface area contributed by atoms with E-state index in [0.717, 1.165) is 22.7 Å². The van der Waals surface area contributed by atoms with Crippen LogP contribution in [0.3, 0.4) is 0 Å². The molecule has 0 spiro atoms. The third kappa shape index (κ3) is 6.53. The number of methoxy groups -OCH3 is 2. The first-order valence-corrected chi connectivity index (χ1v) is 10.5. The summed E-state index contributed by atoms with van der Waals surface area (Å²) in [5.41, 5.74) is 2.97. The fourth-order valence-corrected chi connectivity index (χ4v) is 3.39. The van der Waals surface area contributed by atoms with E-state index < -0.39 is 0 Å². The maximum absolute atomic E-state index is 12.5. The summed E-state index contributed by atoms with van der Waals surface area (Å²) >= 11 is 1.36. The highest BCUT2D eigenvalue weighted by atomic mass is 32.1. The zero-order chi connectivity index (χ0) is 22.1. The number of benzene rings is 2. The summed E-state index contributed by atoms with van der Waals surface area (Å²) < 4.78 is 10.0. The van der Waals surface area contributed by atoms with E-state index in [1.807, 2.05) is 29.6 Å². The lowest BCUT2D eigenvalue weighted by atomic mass is 10.2. The molecule has 0 fully saturated rings. The van der Waals surface area contributed by atoms with E-state index in [2.05, 4.69) is 20.9 Å². The van der Waals surface area contributed by atoms with Gasteiger partial charge < -0.3 is 20.1 Å². The molecular weight excluding hydrogens is 416 g/mol. The van der Waals surface area contributed by atoms with Gasteiger partial charge in [0.15, 0.2) is 5.13 Å². The number of carbonyl (C=O) groups excluding carboxylic acids is 2. The number of amides is 2. The van der Waals surface area contributed by atoms with Crippen LogP contribution in [0.1, 0.15) is 10.4 Å². The van der Waals surface area contributed by atoms with Crippen molar-refractivity contribution in [2.24, 2.45) is 0 Å². The molecule has 0 saturated carbocycles. The topological polar surface area (TPSA) is 102 Å². The molecule has 1 heterocycles. The van der Waals surface area contributed by atoms with Gasteiger partial charge in [-0.1, -0.05) is 0 Å². The van der Waals surface area contributed by atoms with Crippen molar-refractivity contribution >= 4 is 34.0 Å². The molecule has 0 aliphatic heterocycles. The zero-order valence-corrected chi connectivity index (χ0v) is 18.1. The van der Waals surface area contributed by atoms with Gasteiger partial charge in [0, 0.05) is 35.8 Å². The standard InChI is InChI=1S/C22H24N4O4S/c1-29-12-11-23-20(27)13-24-17-7-3-16(4-8-17)21(28)26-22-25-19(14-31-22)15-5-9-18(30-2)10-6-15/h3-10,14,24H,11-13H2,1-2H3,(H,23,27)(H,25,26,28). The smallest absolute Gasteiger partial charge is 0.257 e. The molecule has 0 aliphatic rings. The molecule has 8 nitrogen and oxygen atoms in total. The summed E-state index contributed by atoms with van der Waals surface area (Å²) in [5.74, 6) is 0.395. The van der Waals surface area contributed by atoms with Crippen LogP contribution < -0.4 is 20.7 Å². The molecular formula is C22H24N4O4S. The van der Waals surface area contributed by atoms with E-state index in [0.29, 0.717) is 23.8 Å². The Labute approximate surface area is 184 Å². The zero-order valence-electron chi connectivity index (χ0n) is 17.3. The average molecular weight is 441 g/mol. The van der Waals surface area contributed by atoms with Crippen LogP contribution in [0.15, 0.2) is 53.9 Å². The van der Waals surface area contributed by atoms with Crippen LogP contribution in [-0.2, 0) is 9.53 Å². The highest BCUT2D eigenvalue weighted by Gasteiger charge is 2.10. The second-order valence-electron chi connectivity index (χ2n) is 6.49. The number of rotatable bonds is 10. The first-order chi connectivity index (χ1) is 15.1. The summed E-state index contributed by atoms with van der Waals surface area (Å²) in [6.07, 6.45) is 0. The maximum atomic E-state index is 12.5. The van der Waals surface area contributed by atoms with Crippen molar-refractivity contribution < 1.29 is 19.1 Å². The molecule has 3 rings (SSSR count). The minimum absolute atomic E-state index is 0.129. The van der Waals surface area contributed by atoms with Gasteiger partial charge >= 0.3 is 0 Å². The molecule has 9 heteroatoms. The van der Waals surface area contributed by atoms with Crippen LogP contribution in [0.4, 0.5) is 10.8 Å². The first-order valence-electron chi connectivity index (χ1n) is 9.60. The predicted octanol–water partition coefficient (Wildman–Crippen LogP) is 3.25. The van der Waals surface area contributed by atoms with E-state index in [-0.39, 0.29) is 18.4 Å². The van der Waals surface area contributed by atoms with Crippen LogP contribution in [0, 0.1) is 0 Å². The molecule has 0 atom stereocenters. The van der Waals surface area contributed by atoms with Gasteiger partial charge in [-0.3, -0.25) is 14.9 Å². The van der Waals surface area contributed by atoms with E-state index in [1.165, 1.54) is 11.3 Å². The first kappa shape index (κ1) is 22.3. The number of hydrogen-bond acceptors (Lipinski definition) is 7. The minimum atomic E-state index is -0.250. The van der Waals surface area contributed by atoms with Crippen LogP contribution in [0.25, 0.3) is 11.3 Å². The van der Waals surface area contributed by atoms with Gasteiger partial charge in [-0.05, 0) is 48.5 Å². The van der Waals surface area contributed by atoms with Crippen molar-refractivity contribution in [2.75, 3.05) is 44.5 Å². The molecule has 0 saturated heterocycles. The Morgan fingerprint density at radius 2 is 1.77 bits per heavy atom. The van der Waals surface area contributed by atoms with Gasteiger partial charge in [-0.25, -0.2) is 4.98 Å². The van der Waals surface area contributed by atoms with Crippen molar-refractivity contribution in [1.29, 1.82) is 0 Å². The highest BCUT2D eigenvalue weighted by Crippen LogP contribution is 2.26. The van der Waals surface area contributed by atoms with Crippen LogP contribution in [0.5, 0.6) is 5.75 Å². The molecule has 2 amide bonds. The number of aromatic nitrogens is 1. The van der Waals surface area contributed by atoms with Crippen molar-refractivity contribution in [2.45, 2.75) is 0 Å². The number of anilines is 2. The lowest BCUT2D eigenvalue weighted by Crippen LogP contribution is -2.32. The molecule has 3 aromatic rings. The van der Waals surface area contributed by atoms with E-state index in [9.17, 15) is 9.59 Å². The molecule has 31 heavy (non-hydrogen) atoms. The molecule has 0 radical (unpaired) electrons. The number of ether oxygens (including phenoxy) is 2. The molecule has 1 aromatic heterocycles. The second kappa shape index (κ2) is 11.1. The third-order valence-corrected chi connectivity index (χ3v) is 5.10. The van der Waals surface area contributed by atoms with E-state index >= 15 is 0 Å². The van der Waals surface area contributed by atoms with Crippen molar-refractivity contribution in [1.82, 2.24) is 10.3 Å². The lowest BCUT2D eigenvalue weighted by Gasteiger charge is -2.08. The molecule has 3 N–H and O–H groups in total. The number of hydrogen-bond donors (Lipinski definition) is 3. The molecule has 0 unspecified atom stereocenters. The third-order valence-electron chi connectivity index (χ3n) is 4.34. The Kier molecular flexibility index (Phi) is 7.97. The Bertz CT molecular complexity index is 1000. The van der Waals surface area contributed by atoms with Gasteiger partial charge in [0.25, 0.3) is 5.91 Å². The fourth-order valence-electron chi connectivity index (χ4n) is 2.67. The summed E-state index contributed by atoms with van der Waals surface area (Å²) in [7, 11) is 3.20. The molecule has 2 aromatic carbocycles. The van der Waals surface area contributed by atoms with Gasteiger partial charge in [0.1, 0.15) is 5.75 Å². The summed E-state index contributed by atoms with van der Waals surface area (Å²) in [5, 5.41) is 11.0. The second-order valence-corrected chi connectivity index (χ2v) is 7.35. The van der Waals surface area contributed by atoms with Crippen molar-refractivity contribution in [3.8, 4) is 17.0 Å². The summed E-state index contributed by atoms with van der Waals surface area (Å²) in [6, 6.07) is 14.5. The maximum Gasteiger partial charge on any atom is 0.257 e. The largest absolute Gasteiger partial charge is 0.497 e. The monoisotopic (exact) mass is 440 g/mol. The summed E-state index contributed by atoms with van der Waals surface area (Å²) in [4.78, 5) is 28.7. The Morgan fingerprint density at radius 3 is 2.45 bits per heavy atom. The normalized spacial score (nSPS) is 10.4. The number of nitrogens with zero attached hydrogens (tertiary/aromatic N) is 1. The number of nitrogens with one attached hydrogen (secondary N) is 3. The SMILES string of the molecule is COCCNC(=O)CNc1ccc(C(=O)Nc2nc(-c3ccc(OC)cc3)cs2)cc1. The molecule has 162 valence electrons. The Hall–Kier alpha value is -3.43. The van der Waals surface area contributed by atoms with Gasteiger partial charge in [-0.2, -0.15) is 0 Å². The van der Waals surface area contributed by atoms with Crippen LogP contribution in [-0.4, -0.2) is 50.7 Å². The lowest BCUT2D eigenvalue weighted by molar-refractivity contribution is -0.119.